The van der Waals surface area contributed by atoms with Gasteiger partial charge in [-0.1, -0.05) is 18.2 Å². The minimum absolute atomic E-state index is 0.0425. The Hall–Kier alpha value is -2.98. The van der Waals surface area contributed by atoms with Crippen molar-refractivity contribution < 1.29 is 32.5 Å². The Morgan fingerprint density at radius 3 is 2.63 bits per heavy atom. The summed E-state index contributed by atoms with van der Waals surface area (Å²) >= 11 is 0. The van der Waals surface area contributed by atoms with E-state index in [1.54, 1.807) is 18.2 Å². The number of aliphatic hydroxyl groups is 1. The fraction of sp³-hybridized carbons (Fsp3) is 0.480. The van der Waals surface area contributed by atoms with Crippen LogP contribution in [0.25, 0.3) is 0 Å². The highest BCUT2D eigenvalue weighted by Crippen LogP contribution is 2.33. The normalized spacial score (nSPS) is 15.9. The van der Waals surface area contributed by atoms with Crippen molar-refractivity contribution in [2.75, 3.05) is 31.7 Å². The largest absolute Gasteiger partial charge is 0.488 e. The molecule has 3 rings (SSSR count). The van der Waals surface area contributed by atoms with Crippen molar-refractivity contribution in [3.8, 4) is 11.5 Å². The van der Waals surface area contributed by atoms with Gasteiger partial charge in [0.1, 0.15) is 6.61 Å². The number of amides is 1. The topological polar surface area (TPSA) is 106 Å². The van der Waals surface area contributed by atoms with Crippen molar-refractivity contribution in [2.45, 2.75) is 50.9 Å². The molecule has 2 atom stereocenters. The van der Waals surface area contributed by atoms with Gasteiger partial charge in [0.2, 0.25) is 0 Å². The molecule has 1 aliphatic heterocycles. The fourth-order valence-electron chi connectivity index (χ4n) is 4.18. The van der Waals surface area contributed by atoms with E-state index < -0.39 is 18.7 Å². The molecule has 0 spiro atoms. The van der Waals surface area contributed by atoms with E-state index in [0.29, 0.717) is 24.9 Å². The molecule has 0 radical (unpaired) electrons. The number of hydrogen-bond acceptors (Lipinski definition) is 6. The molecule has 10 heteroatoms. The lowest BCUT2D eigenvalue weighted by molar-refractivity contribution is -0.153. The molecular formula is C25H32F3N3O4. The van der Waals surface area contributed by atoms with Gasteiger partial charge >= 0.3 is 6.18 Å². The number of alkyl halides is 3. The molecule has 2 aromatic carbocycles. The number of para-hydroxylation sites is 2. The van der Waals surface area contributed by atoms with Gasteiger partial charge in [-0.25, -0.2) is 0 Å². The summed E-state index contributed by atoms with van der Waals surface area (Å²) in [5, 5.41) is 15.8. The maximum atomic E-state index is 12.4. The first kappa shape index (κ1) is 26.6. The number of carbonyl (C=O) groups is 1. The van der Waals surface area contributed by atoms with E-state index in [-0.39, 0.29) is 36.8 Å². The van der Waals surface area contributed by atoms with Crippen molar-refractivity contribution in [2.24, 2.45) is 5.73 Å². The molecule has 0 saturated carbocycles. The Bertz CT molecular complexity index is 1000. The summed E-state index contributed by atoms with van der Waals surface area (Å²) in [6, 6.07) is 10.4. The number of benzene rings is 2. The Morgan fingerprint density at radius 2 is 1.97 bits per heavy atom. The van der Waals surface area contributed by atoms with Crippen LogP contribution >= 0.6 is 0 Å². The fourth-order valence-corrected chi connectivity index (χ4v) is 4.18. The molecule has 192 valence electrons. The van der Waals surface area contributed by atoms with Crippen LogP contribution < -0.4 is 25.8 Å². The van der Waals surface area contributed by atoms with Gasteiger partial charge in [0.05, 0.1) is 11.3 Å². The van der Waals surface area contributed by atoms with Crippen LogP contribution in [0.1, 0.15) is 41.3 Å². The first-order chi connectivity index (χ1) is 16.7. The van der Waals surface area contributed by atoms with Gasteiger partial charge in [-0.3, -0.25) is 4.79 Å². The van der Waals surface area contributed by atoms with E-state index in [0.717, 1.165) is 29.7 Å². The van der Waals surface area contributed by atoms with Crippen LogP contribution in [0.3, 0.4) is 0 Å². The second kappa shape index (κ2) is 12.1. The number of halogens is 3. The lowest BCUT2D eigenvalue weighted by Crippen LogP contribution is -2.32. The van der Waals surface area contributed by atoms with Gasteiger partial charge in [0, 0.05) is 25.2 Å². The summed E-state index contributed by atoms with van der Waals surface area (Å²) in [5.74, 6) is -0.195. The molecule has 0 aliphatic carbocycles. The number of carbonyl (C=O) groups excluding carboxylic acids is 1. The van der Waals surface area contributed by atoms with Gasteiger partial charge in [-0.05, 0) is 61.9 Å². The molecule has 0 fully saturated rings. The number of aliphatic hydroxyl groups excluding tert-OH is 1. The van der Waals surface area contributed by atoms with Gasteiger partial charge in [-0.2, -0.15) is 13.2 Å². The summed E-state index contributed by atoms with van der Waals surface area (Å²) < 4.78 is 47.8. The third-order valence-corrected chi connectivity index (χ3v) is 5.71. The predicted molar refractivity (Wildman–Crippen MR) is 127 cm³/mol. The number of primary amides is 1. The second-order valence-electron chi connectivity index (χ2n) is 8.71. The Kier molecular flexibility index (Phi) is 9.22. The van der Waals surface area contributed by atoms with E-state index in [1.165, 1.54) is 6.07 Å². The summed E-state index contributed by atoms with van der Waals surface area (Å²) in [5.41, 5.74) is 8.90. The average molecular weight is 496 g/mol. The molecule has 1 amide bonds. The number of nitrogens with two attached hydrogens (primary N) is 1. The highest BCUT2D eigenvalue weighted by Gasteiger charge is 2.29. The molecular weight excluding hydrogens is 463 g/mol. The van der Waals surface area contributed by atoms with Crippen LogP contribution in [-0.2, 0) is 12.8 Å². The third kappa shape index (κ3) is 8.03. The lowest BCUT2D eigenvalue weighted by Gasteiger charge is -2.17. The SMILES string of the molecule is C[C@H](Cc1cc2c(c(C(N)=O)c1)NC(CCCO)C2)NCCOc1ccccc1OCC(F)(F)F. The zero-order valence-corrected chi connectivity index (χ0v) is 19.7. The first-order valence-corrected chi connectivity index (χ1v) is 11.6. The molecule has 35 heavy (non-hydrogen) atoms. The Labute approximate surface area is 202 Å². The van der Waals surface area contributed by atoms with E-state index in [1.807, 2.05) is 13.0 Å². The van der Waals surface area contributed by atoms with E-state index in [4.69, 9.17) is 20.3 Å². The van der Waals surface area contributed by atoms with Crippen LogP contribution in [0.2, 0.25) is 0 Å². The molecule has 2 aromatic rings. The van der Waals surface area contributed by atoms with E-state index in [2.05, 4.69) is 16.7 Å². The van der Waals surface area contributed by atoms with Gasteiger partial charge in [-0.15, -0.1) is 0 Å². The van der Waals surface area contributed by atoms with Crippen molar-refractivity contribution in [3.05, 3.63) is 53.1 Å². The van der Waals surface area contributed by atoms with Crippen molar-refractivity contribution in [1.29, 1.82) is 0 Å². The molecule has 1 heterocycles. The number of hydrogen-bond donors (Lipinski definition) is 4. The number of fused-ring (bicyclic) bond motifs is 1. The van der Waals surface area contributed by atoms with Gasteiger partial charge < -0.3 is 30.9 Å². The third-order valence-electron chi connectivity index (χ3n) is 5.71. The van der Waals surface area contributed by atoms with Crippen LogP contribution in [0, 0.1) is 0 Å². The Balaban J connectivity index is 1.52. The monoisotopic (exact) mass is 495 g/mol. The van der Waals surface area contributed by atoms with Gasteiger partial charge in [0.15, 0.2) is 18.1 Å². The molecule has 0 bridgehead atoms. The van der Waals surface area contributed by atoms with Crippen LogP contribution in [0.15, 0.2) is 36.4 Å². The molecule has 7 nitrogen and oxygen atoms in total. The van der Waals surface area contributed by atoms with Crippen molar-refractivity contribution in [1.82, 2.24) is 5.32 Å². The summed E-state index contributed by atoms with van der Waals surface area (Å²) in [7, 11) is 0. The molecule has 5 N–H and O–H groups in total. The number of ether oxygens (including phenoxy) is 2. The maximum Gasteiger partial charge on any atom is 0.422 e. The zero-order valence-electron chi connectivity index (χ0n) is 19.7. The van der Waals surface area contributed by atoms with E-state index in [9.17, 15) is 18.0 Å². The first-order valence-electron chi connectivity index (χ1n) is 11.6. The van der Waals surface area contributed by atoms with Crippen molar-refractivity contribution in [3.63, 3.8) is 0 Å². The Morgan fingerprint density at radius 1 is 1.26 bits per heavy atom. The predicted octanol–water partition coefficient (Wildman–Crippen LogP) is 3.44. The smallest absolute Gasteiger partial charge is 0.422 e. The van der Waals surface area contributed by atoms with Crippen LogP contribution in [-0.4, -0.2) is 55.6 Å². The molecule has 1 unspecified atom stereocenters. The average Bonchev–Trinajstić information content (AvgIpc) is 3.21. The number of anilines is 1. The standard InChI is InChI=1S/C25H32F3N3O4/c1-16(30-8-10-34-21-6-2-3-7-22(21)35-15-25(26,27)28)11-17-12-18-14-19(5-4-9-32)31-23(18)20(13-17)24(29)33/h2-3,6-7,12-13,16,19,30-32H,4-5,8-11,14-15H2,1H3,(H2,29,33)/t16-,19?/m1/s1. The zero-order chi connectivity index (χ0) is 25.4. The number of rotatable bonds is 13. The van der Waals surface area contributed by atoms with Gasteiger partial charge in [0.25, 0.3) is 5.91 Å². The second-order valence-corrected chi connectivity index (χ2v) is 8.71. The summed E-state index contributed by atoms with van der Waals surface area (Å²) in [6.45, 7) is 1.45. The van der Waals surface area contributed by atoms with Crippen molar-refractivity contribution >= 4 is 11.6 Å². The highest BCUT2D eigenvalue weighted by molar-refractivity contribution is 6.00. The van der Waals surface area contributed by atoms with Crippen LogP contribution in [0.5, 0.6) is 11.5 Å². The lowest BCUT2D eigenvalue weighted by atomic mass is 9.97. The van der Waals surface area contributed by atoms with Crippen LogP contribution in [0.4, 0.5) is 18.9 Å². The highest BCUT2D eigenvalue weighted by atomic mass is 19.4. The minimum atomic E-state index is -4.42. The molecule has 1 aliphatic rings. The maximum absolute atomic E-state index is 12.4. The summed E-state index contributed by atoms with van der Waals surface area (Å²) in [6.07, 6.45) is -1.51. The minimum Gasteiger partial charge on any atom is -0.488 e. The quantitative estimate of drug-likeness (QED) is 0.317. The molecule has 0 saturated heterocycles. The van der Waals surface area contributed by atoms with E-state index >= 15 is 0 Å². The molecule has 0 aromatic heterocycles. The summed E-state index contributed by atoms with van der Waals surface area (Å²) in [4.78, 5) is 12.0. The number of nitrogens with one attached hydrogen (secondary N) is 2.